The molecule has 0 bridgehead atoms. The fourth-order valence-corrected chi connectivity index (χ4v) is 3.60. The molecule has 17 heavy (non-hydrogen) atoms. The van der Waals surface area contributed by atoms with Crippen LogP contribution in [-0.2, 0) is 19.2 Å². The first kappa shape index (κ1) is 17.9. The molecular weight excluding hydrogens is 343 g/mol. The summed E-state index contributed by atoms with van der Waals surface area (Å²) in [6, 6.07) is 5.97. The van der Waals surface area contributed by atoms with Gasteiger partial charge in [0.05, 0.1) is 22.7 Å². The molecule has 0 unspecified atom stereocenters. The molecule has 1 aromatic rings. The molecule has 0 aliphatic carbocycles. The third-order valence-electron chi connectivity index (χ3n) is 1.69. The molecule has 5 nitrogen and oxygen atoms in total. The molecule has 0 aromatic heterocycles. The van der Waals surface area contributed by atoms with Gasteiger partial charge in [0, 0.05) is 10.2 Å². The molecule has 0 atom stereocenters. The Morgan fingerprint density at radius 1 is 1.29 bits per heavy atom. The van der Waals surface area contributed by atoms with Crippen molar-refractivity contribution in [2.45, 2.75) is 9.79 Å². The normalized spacial score (nSPS) is 10.9. The standard InChI is InChI=1S/C8H9BrO5S2.Na/c9-5-6-16(11,12)8-3-1-7(2-4-8)15-14-13-10;/h1-4,10H,5-6H2;/q;+1/p-1. The second kappa shape index (κ2) is 8.89. The first-order chi connectivity index (χ1) is 7.60. The Balaban J connectivity index is 0.00000256. The van der Waals surface area contributed by atoms with Gasteiger partial charge in [-0.25, -0.2) is 8.42 Å². The van der Waals surface area contributed by atoms with Gasteiger partial charge in [0.2, 0.25) is 0 Å². The summed E-state index contributed by atoms with van der Waals surface area (Å²) in [5.74, 6) is 0.0413. The molecule has 0 heterocycles. The Bertz CT molecular complexity index is 422. The van der Waals surface area contributed by atoms with Gasteiger partial charge in [0.15, 0.2) is 9.84 Å². The summed E-state index contributed by atoms with van der Waals surface area (Å²) < 4.78 is 27.3. The van der Waals surface area contributed by atoms with Crippen LogP contribution in [0.15, 0.2) is 34.1 Å². The molecule has 0 fully saturated rings. The third-order valence-corrected chi connectivity index (χ3v) is 4.93. The number of benzene rings is 1. The van der Waals surface area contributed by atoms with Crippen molar-refractivity contribution in [3.05, 3.63) is 24.3 Å². The van der Waals surface area contributed by atoms with E-state index in [0.717, 1.165) is 0 Å². The molecule has 9 heteroatoms. The van der Waals surface area contributed by atoms with Crippen molar-refractivity contribution < 1.29 is 52.6 Å². The number of hydrogen-bond donors (Lipinski definition) is 0. The number of rotatable bonds is 6. The van der Waals surface area contributed by atoms with Gasteiger partial charge in [-0.15, -0.1) is 0 Å². The Kier molecular flexibility index (Phi) is 9.35. The predicted octanol–water partition coefficient (Wildman–Crippen LogP) is -1.91. The van der Waals surface area contributed by atoms with Gasteiger partial charge in [0.1, 0.15) is 0 Å². The summed E-state index contributed by atoms with van der Waals surface area (Å²) in [6.07, 6.45) is 0. The average molecular weight is 351 g/mol. The zero-order valence-electron chi connectivity index (χ0n) is 8.96. The summed E-state index contributed by atoms with van der Waals surface area (Å²) >= 11 is 3.79. The molecule has 90 valence electrons. The van der Waals surface area contributed by atoms with E-state index < -0.39 is 9.84 Å². The summed E-state index contributed by atoms with van der Waals surface area (Å²) in [5, 5.41) is 13.1. The Morgan fingerprint density at radius 3 is 2.35 bits per heavy atom. The topological polar surface area (TPSA) is 75.7 Å². The maximum absolute atomic E-state index is 11.6. The van der Waals surface area contributed by atoms with Gasteiger partial charge in [-0.1, -0.05) is 15.9 Å². The van der Waals surface area contributed by atoms with Crippen molar-refractivity contribution in [2.75, 3.05) is 11.1 Å². The monoisotopic (exact) mass is 350 g/mol. The van der Waals surface area contributed by atoms with Crippen molar-refractivity contribution in [3.63, 3.8) is 0 Å². The quantitative estimate of drug-likeness (QED) is 0.196. The molecule has 0 aliphatic heterocycles. The van der Waals surface area contributed by atoms with E-state index in [4.69, 9.17) is 0 Å². The van der Waals surface area contributed by atoms with Crippen molar-refractivity contribution in [3.8, 4) is 0 Å². The number of sulfone groups is 1. The largest absolute Gasteiger partial charge is 1.00 e. The van der Waals surface area contributed by atoms with Crippen LogP contribution < -0.4 is 34.8 Å². The van der Waals surface area contributed by atoms with Crippen LogP contribution in [0, 0.1) is 0 Å². The smallest absolute Gasteiger partial charge is 0.691 e. The minimum atomic E-state index is -3.24. The van der Waals surface area contributed by atoms with Crippen molar-refractivity contribution >= 4 is 37.8 Å². The third kappa shape index (κ3) is 6.04. The van der Waals surface area contributed by atoms with Crippen LogP contribution in [0.2, 0.25) is 0 Å². The maximum Gasteiger partial charge on any atom is 1.00 e. The van der Waals surface area contributed by atoms with Gasteiger partial charge < -0.3 is 5.26 Å². The van der Waals surface area contributed by atoms with Crippen LogP contribution >= 0.6 is 28.0 Å². The predicted molar refractivity (Wildman–Crippen MR) is 60.3 cm³/mol. The summed E-state index contributed by atoms with van der Waals surface area (Å²) in [7, 11) is -3.24. The van der Waals surface area contributed by atoms with E-state index >= 15 is 0 Å². The van der Waals surface area contributed by atoms with Gasteiger partial charge in [-0.2, -0.15) is 4.33 Å². The fraction of sp³-hybridized carbons (Fsp3) is 0.250. The Hall–Kier alpha value is 0.880. The van der Waals surface area contributed by atoms with Crippen LogP contribution in [0.3, 0.4) is 0 Å². The second-order valence-electron chi connectivity index (χ2n) is 2.70. The van der Waals surface area contributed by atoms with Crippen molar-refractivity contribution in [2.24, 2.45) is 0 Å². The van der Waals surface area contributed by atoms with Crippen LogP contribution in [0.1, 0.15) is 0 Å². The van der Waals surface area contributed by atoms with Gasteiger partial charge >= 0.3 is 29.6 Å². The first-order valence-electron chi connectivity index (χ1n) is 4.12. The van der Waals surface area contributed by atoms with E-state index in [0.29, 0.717) is 22.3 Å². The minimum Gasteiger partial charge on any atom is -0.691 e. The Morgan fingerprint density at radius 2 is 1.88 bits per heavy atom. The number of halogens is 1. The summed E-state index contributed by atoms with van der Waals surface area (Å²) in [6.45, 7) is 0. The molecule has 0 radical (unpaired) electrons. The van der Waals surface area contributed by atoms with Gasteiger partial charge in [-0.3, -0.25) is 5.04 Å². The van der Waals surface area contributed by atoms with E-state index in [1.54, 1.807) is 0 Å². The molecule has 1 aromatic carbocycles. The molecule has 0 saturated carbocycles. The number of hydrogen-bond acceptors (Lipinski definition) is 6. The van der Waals surface area contributed by atoms with Crippen LogP contribution in [0.5, 0.6) is 0 Å². The maximum atomic E-state index is 11.6. The molecule has 0 saturated heterocycles. The molecule has 1 rings (SSSR count). The van der Waals surface area contributed by atoms with Crippen molar-refractivity contribution in [1.82, 2.24) is 0 Å². The minimum absolute atomic E-state index is 0. The van der Waals surface area contributed by atoms with Crippen LogP contribution in [-0.4, -0.2) is 19.5 Å². The molecular formula is C8H8BrNaO5S2. The SMILES string of the molecule is O=S(=O)(CCBr)c1ccc(SOO[O-])cc1.[Na+]. The van der Waals surface area contributed by atoms with Gasteiger partial charge in [0.25, 0.3) is 0 Å². The van der Waals surface area contributed by atoms with E-state index in [-0.39, 0.29) is 40.2 Å². The van der Waals surface area contributed by atoms with Gasteiger partial charge in [-0.05, 0) is 24.3 Å². The molecule has 0 aliphatic rings. The van der Waals surface area contributed by atoms with E-state index in [1.807, 2.05) is 0 Å². The fourth-order valence-electron chi connectivity index (χ4n) is 0.975. The van der Waals surface area contributed by atoms with E-state index in [9.17, 15) is 13.7 Å². The van der Waals surface area contributed by atoms with E-state index in [2.05, 4.69) is 25.3 Å². The van der Waals surface area contributed by atoms with Crippen LogP contribution in [0.4, 0.5) is 0 Å². The first-order valence-corrected chi connectivity index (χ1v) is 7.63. The number of alkyl halides is 1. The zero-order valence-corrected chi connectivity index (χ0v) is 14.2. The van der Waals surface area contributed by atoms with Crippen molar-refractivity contribution in [1.29, 1.82) is 0 Å². The molecule has 0 spiro atoms. The van der Waals surface area contributed by atoms with Crippen LogP contribution in [0.25, 0.3) is 0 Å². The summed E-state index contributed by atoms with van der Waals surface area (Å²) in [5.41, 5.74) is 0. The Labute approximate surface area is 134 Å². The molecule has 0 amide bonds. The summed E-state index contributed by atoms with van der Waals surface area (Å²) in [4.78, 5) is 0.813. The second-order valence-corrected chi connectivity index (χ2v) is 6.37. The molecule has 0 N–H and O–H groups in total. The zero-order chi connectivity index (χ0) is 12.0. The average Bonchev–Trinajstić information content (AvgIpc) is 2.27. The van der Waals surface area contributed by atoms with E-state index in [1.165, 1.54) is 24.3 Å².